The molecule has 0 spiro atoms. The molecule has 9 N–H and O–H groups in total. The maximum Gasteiger partial charge on any atom is 0.490 e. The number of hydrogen-bond donors (Lipinski definition) is 8. The Balaban J connectivity index is 1.72. The highest BCUT2D eigenvalue weighted by Crippen LogP contribution is 2.66. The minimum absolute atomic E-state index is 0.0484. The van der Waals surface area contributed by atoms with Gasteiger partial charge in [0.05, 0.1) is 12.9 Å². The van der Waals surface area contributed by atoms with Gasteiger partial charge in [-0.05, 0) is 0 Å². The van der Waals surface area contributed by atoms with Gasteiger partial charge in [0.15, 0.2) is 16.8 Å². The van der Waals surface area contributed by atoms with Crippen molar-refractivity contribution in [1.29, 1.82) is 0 Å². The van der Waals surface area contributed by atoms with E-state index in [0.29, 0.717) is 0 Å². The number of nitrogens with zero attached hydrogens (tertiary/aromatic N) is 3. The topological polar surface area (TPSA) is 282 Å². The van der Waals surface area contributed by atoms with Gasteiger partial charge in [0.2, 0.25) is 0 Å². The number of aliphatic hydroxyl groups is 2. The van der Waals surface area contributed by atoms with Crippen LogP contribution in [0.2, 0.25) is 0 Å². The van der Waals surface area contributed by atoms with E-state index in [-0.39, 0.29) is 21.8 Å². The lowest BCUT2D eigenvalue weighted by Gasteiger charge is -2.19. The van der Waals surface area contributed by atoms with Gasteiger partial charge in [-0.2, -0.15) is 8.62 Å². The lowest BCUT2D eigenvalue weighted by Crippen LogP contribution is -2.33. The van der Waals surface area contributed by atoms with Gasteiger partial charge in [-0.1, -0.05) is 12.2 Å². The molecule has 2 aromatic rings. The highest BCUT2D eigenvalue weighted by molar-refractivity contribution is 7.71. The Kier molecular flexibility index (Phi) is 7.09. The van der Waals surface area contributed by atoms with Gasteiger partial charge in [0, 0.05) is 0 Å². The van der Waals surface area contributed by atoms with E-state index in [1.165, 1.54) is 10.9 Å². The number of aromatic amines is 1. The van der Waals surface area contributed by atoms with Crippen molar-refractivity contribution in [2.24, 2.45) is 0 Å². The fraction of sp³-hybridized carbons (Fsp3) is 0.500. The summed E-state index contributed by atoms with van der Waals surface area (Å²) in [6, 6.07) is 0. The van der Waals surface area contributed by atoms with Crippen molar-refractivity contribution in [2.75, 3.05) is 12.3 Å². The van der Waals surface area contributed by atoms with Crippen LogP contribution in [-0.2, 0) is 31.6 Å². The monoisotopic (exact) mass is 542 g/mol. The molecule has 3 heterocycles. The van der Waals surface area contributed by atoms with Crippen molar-refractivity contribution in [3.8, 4) is 0 Å². The van der Waals surface area contributed by atoms with Gasteiger partial charge in [-0.15, -0.1) is 0 Å². The molecule has 6 atom stereocenters. The van der Waals surface area contributed by atoms with Crippen molar-refractivity contribution >= 4 is 52.8 Å². The zero-order chi connectivity index (χ0) is 24.1. The summed E-state index contributed by atoms with van der Waals surface area (Å²) in [6.45, 7) is -0.968. The molecule has 0 radical (unpaired) electrons. The molecule has 0 aromatic carbocycles. The number of hydrogen-bond acceptors (Lipinski definition) is 13. The summed E-state index contributed by atoms with van der Waals surface area (Å²) in [5.41, 5.74) is 5.99. The number of phosphoric acid groups is 3. The number of phosphoric ester groups is 1. The van der Waals surface area contributed by atoms with Gasteiger partial charge in [0.25, 0.3) is 0 Å². The summed E-state index contributed by atoms with van der Waals surface area (Å²) in [5.74, 6) is -0.0681. The summed E-state index contributed by atoms with van der Waals surface area (Å²) in [6.07, 6.45) is -4.88. The number of H-pyrrole nitrogens is 1. The molecule has 180 valence electrons. The molecule has 1 aliphatic heterocycles. The van der Waals surface area contributed by atoms with Gasteiger partial charge in [-0.3, -0.25) is 9.09 Å². The molecular weight excluding hydrogens is 526 g/mol. The first-order chi connectivity index (χ1) is 14.6. The molecule has 3 rings (SSSR count). The molecule has 2 unspecified atom stereocenters. The van der Waals surface area contributed by atoms with E-state index in [1.54, 1.807) is 0 Å². The highest BCUT2D eigenvalue weighted by atomic mass is 32.1. The Morgan fingerprint density at radius 1 is 1.16 bits per heavy atom. The molecule has 0 amide bonds. The van der Waals surface area contributed by atoms with Crippen LogP contribution in [0.1, 0.15) is 6.23 Å². The van der Waals surface area contributed by atoms with Crippen molar-refractivity contribution in [2.45, 2.75) is 24.5 Å². The van der Waals surface area contributed by atoms with Crippen LogP contribution < -0.4 is 5.73 Å². The smallest absolute Gasteiger partial charge is 0.387 e. The molecule has 1 fully saturated rings. The number of aromatic nitrogens is 4. The fourth-order valence-corrected chi connectivity index (χ4v) is 5.99. The molecule has 32 heavy (non-hydrogen) atoms. The largest absolute Gasteiger partial charge is 0.490 e. The van der Waals surface area contributed by atoms with Crippen LogP contribution in [0.15, 0.2) is 6.33 Å². The third-order valence-electron chi connectivity index (χ3n) is 3.89. The predicted molar refractivity (Wildman–Crippen MR) is 103 cm³/mol. The number of ether oxygens (including phenoxy) is 1. The van der Waals surface area contributed by atoms with Gasteiger partial charge in [0.1, 0.15) is 29.5 Å². The number of anilines is 1. The number of aliphatic hydroxyl groups excluding tert-OH is 2. The first-order valence-corrected chi connectivity index (χ1v) is 13.0. The van der Waals surface area contributed by atoms with E-state index in [4.69, 9.17) is 37.4 Å². The van der Waals surface area contributed by atoms with E-state index >= 15 is 0 Å². The normalized spacial score (nSPS) is 27.9. The number of fused-ring (bicyclic) bond motifs is 1. The summed E-state index contributed by atoms with van der Waals surface area (Å²) < 4.78 is 52.1. The third-order valence-corrected chi connectivity index (χ3v) is 7.98. The molecule has 2 aromatic heterocycles. The Labute approximate surface area is 182 Å². The average Bonchev–Trinajstić information content (AvgIpc) is 3.12. The van der Waals surface area contributed by atoms with Crippen molar-refractivity contribution < 1.29 is 61.4 Å². The molecule has 1 aliphatic rings. The van der Waals surface area contributed by atoms with Crippen molar-refractivity contribution in [3.05, 3.63) is 11.0 Å². The van der Waals surface area contributed by atoms with Gasteiger partial charge in [-0.25, -0.2) is 23.7 Å². The maximum absolute atomic E-state index is 11.8. The molecule has 22 heteroatoms. The Bertz CT molecular complexity index is 1210. The second kappa shape index (κ2) is 8.90. The number of nitrogens with one attached hydrogen (secondary N) is 1. The summed E-state index contributed by atoms with van der Waals surface area (Å²) >= 11 is 5.03. The third kappa shape index (κ3) is 5.85. The lowest BCUT2D eigenvalue weighted by molar-refractivity contribution is -0.0503. The van der Waals surface area contributed by atoms with Gasteiger partial charge < -0.3 is 45.2 Å². The van der Waals surface area contributed by atoms with Gasteiger partial charge >= 0.3 is 23.5 Å². The van der Waals surface area contributed by atoms with E-state index in [1.807, 2.05) is 0 Å². The number of nitrogens with two attached hydrogens (primary N) is 1. The van der Waals surface area contributed by atoms with E-state index in [9.17, 15) is 28.8 Å². The van der Waals surface area contributed by atoms with Crippen molar-refractivity contribution in [3.63, 3.8) is 0 Å². The average molecular weight is 542 g/mol. The van der Waals surface area contributed by atoms with E-state index < -0.39 is 54.6 Å². The zero-order valence-corrected chi connectivity index (χ0v) is 18.8. The predicted octanol–water partition coefficient (Wildman–Crippen LogP) is -0.966. The van der Waals surface area contributed by atoms with E-state index in [0.717, 1.165) is 0 Å². The summed E-state index contributed by atoms with van der Waals surface area (Å²) in [4.78, 5) is 46.1. The molecule has 18 nitrogen and oxygen atoms in total. The second-order valence-electron chi connectivity index (χ2n) is 6.21. The first kappa shape index (κ1) is 25.5. The first-order valence-electron chi connectivity index (χ1n) is 8.11. The van der Waals surface area contributed by atoms with Crippen LogP contribution in [-0.4, -0.2) is 74.2 Å². The number of rotatable bonds is 8. The molecule has 0 aliphatic carbocycles. The minimum atomic E-state index is -5.71. The standard InChI is InChI=1S/C10H16N5O13P3S/c11-10-13-7-4(8(32)14-10)12-2-15(7)9-6(17)5(16)3(26-9)1-25-30(21,22)28-31(23,24)27-29(18,19)20/h2-3,5-6,9,16-17H,1H2,(H,21,22)(H,23,24)(H2,18,19,20)(H3,11,13,14,32)/t3-,5-,6-,9-/m1/s1/i10+1,11+1,14+1. The SMILES string of the molecule is [15NH2][13c]1[nH]c2c(ncn2[C@@H]2O[C@H](COP(=O)(O)OP(=O)(O)OP(=O)(O)O)[C@@H](O)[C@H]2O)c(=S)[15n]1. The Morgan fingerprint density at radius 2 is 1.81 bits per heavy atom. The highest BCUT2D eigenvalue weighted by Gasteiger charge is 2.46. The Hall–Kier alpha value is -1.14. The Morgan fingerprint density at radius 3 is 2.44 bits per heavy atom. The van der Waals surface area contributed by atoms with Crippen LogP contribution in [0, 0.1) is 4.64 Å². The fourth-order valence-electron chi connectivity index (χ4n) is 2.71. The minimum Gasteiger partial charge on any atom is -0.387 e. The molecular formula is C10H16N5O13P3S. The molecule has 1 saturated heterocycles. The van der Waals surface area contributed by atoms with E-state index in [2.05, 4.69) is 28.1 Å². The van der Waals surface area contributed by atoms with Crippen LogP contribution >= 0.6 is 35.7 Å². The number of nitrogen functional groups attached to an aromatic ring is 1. The molecule has 0 bridgehead atoms. The number of imidazole rings is 1. The van der Waals surface area contributed by atoms with Crippen LogP contribution in [0.5, 0.6) is 0 Å². The molecule has 0 saturated carbocycles. The van der Waals surface area contributed by atoms with Crippen LogP contribution in [0.4, 0.5) is 5.95 Å². The zero-order valence-electron chi connectivity index (χ0n) is 15.3. The van der Waals surface area contributed by atoms with Crippen LogP contribution in [0.25, 0.3) is 11.2 Å². The summed E-state index contributed by atoms with van der Waals surface area (Å²) in [5, 5.41) is 20.5. The quantitative estimate of drug-likeness (QED) is 0.113. The van der Waals surface area contributed by atoms with Crippen LogP contribution in [0.3, 0.4) is 0 Å². The second-order valence-corrected chi connectivity index (χ2v) is 11.0. The summed E-state index contributed by atoms with van der Waals surface area (Å²) in [7, 11) is -16.7. The maximum atomic E-state index is 11.8. The lowest BCUT2D eigenvalue weighted by atomic mass is 10.1. The van der Waals surface area contributed by atoms with Crippen molar-refractivity contribution in [1.82, 2.24) is 19.5 Å².